The van der Waals surface area contributed by atoms with Gasteiger partial charge in [0.25, 0.3) is 0 Å². The van der Waals surface area contributed by atoms with E-state index in [9.17, 15) is 0 Å². The van der Waals surface area contributed by atoms with E-state index in [4.69, 9.17) is 8.83 Å². The van der Waals surface area contributed by atoms with Crippen LogP contribution in [0.4, 0.5) is 17.1 Å². The lowest BCUT2D eigenvalue weighted by Gasteiger charge is -2.26. The molecule has 0 saturated carbocycles. The second kappa shape index (κ2) is 14.8. The summed E-state index contributed by atoms with van der Waals surface area (Å²) >= 11 is 0. The van der Waals surface area contributed by atoms with Crippen molar-refractivity contribution in [3.8, 4) is 55.6 Å². The highest BCUT2D eigenvalue weighted by molar-refractivity contribution is 6.13. The lowest BCUT2D eigenvalue weighted by molar-refractivity contribution is 0.660. The van der Waals surface area contributed by atoms with Crippen molar-refractivity contribution in [3.05, 3.63) is 236 Å². The monoisotopic (exact) mass is 845 g/mol. The van der Waals surface area contributed by atoms with Crippen LogP contribution < -0.4 is 4.90 Å². The van der Waals surface area contributed by atoms with Crippen LogP contribution in [-0.4, -0.2) is 0 Å². The summed E-state index contributed by atoms with van der Waals surface area (Å²) in [4.78, 5) is 2.37. The molecule has 0 fully saturated rings. The number of benzene rings is 10. The molecule has 0 N–H and O–H groups in total. The van der Waals surface area contributed by atoms with Crippen LogP contribution in [0.2, 0.25) is 0 Å². The molecule has 0 aliphatic heterocycles. The van der Waals surface area contributed by atoms with Crippen molar-refractivity contribution in [2.45, 2.75) is 19.3 Å². The molecule has 3 nitrogen and oxygen atoms in total. The van der Waals surface area contributed by atoms with Crippen molar-refractivity contribution in [2.24, 2.45) is 0 Å². The van der Waals surface area contributed by atoms with Crippen molar-refractivity contribution < 1.29 is 8.83 Å². The van der Waals surface area contributed by atoms with Gasteiger partial charge in [0.15, 0.2) is 0 Å². The Morgan fingerprint density at radius 1 is 0.303 bits per heavy atom. The van der Waals surface area contributed by atoms with E-state index in [-0.39, 0.29) is 5.41 Å². The van der Waals surface area contributed by atoms with E-state index < -0.39 is 0 Å². The first kappa shape index (κ1) is 38.1. The summed E-state index contributed by atoms with van der Waals surface area (Å²) < 4.78 is 12.6. The van der Waals surface area contributed by atoms with E-state index in [1.807, 2.05) is 24.3 Å². The first-order valence-electron chi connectivity index (χ1n) is 22.7. The van der Waals surface area contributed by atoms with Gasteiger partial charge in [-0.3, -0.25) is 0 Å². The Balaban J connectivity index is 0.915. The topological polar surface area (TPSA) is 29.5 Å². The number of fused-ring (bicyclic) bond motifs is 9. The normalized spacial score (nSPS) is 12.8. The van der Waals surface area contributed by atoms with Crippen molar-refractivity contribution in [1.82, 2.24) is 0 Å². The summed E-state index contributed by atoms with van der Waals surface area (Å²) in [7, 11) is 0. The number of para-hydroxylation sites is 2. The Bertz CT molecular complexity index is 3680. The average molecular weight is 846 g/mol. The van der Waals surface area contributed by atoms with Gasteiger partial charge in [-0.2, -0.15) is 0 Å². The molecular formula is C63H43NO2. The van der Waals surface area contributed by atoms with Crippen molar-refractivity contribution in [2.75, 3.05) is 4.90 Å². The van der Waals surface area contributed by atoms with Gasteiger partial charge in [0.05, 0.1) is 0 Å². The van der Waals surface area contributed by atoms with E-state index in [1.54, 1.807) is 0 Å². The first-order valence-corrected chi connectivity index (χ1v) is 22.7. The van der Waals surface area contributed by atoms with Crippen LogP contribution in [0.1, 0.15) is 25.0 Å². The zero-order valence-electron chi connectivity index (χ0n) is 36.6. The number of nitrogens with zero attached hydrogens (tertiary/aromatic N) is 1. The summed E-state index contributed by atoms with van der Waals surface area (Å²) in [5.41, 5.74) is 21.5. The fourth-order valence-corrected chi connectivity index (χ4v) is 10.6. The Morgan fingerprint density at radius 2 is 0.788 bits per heavy atom. The molecule has 0 atom stereocenters. The SMILES string of the molecule is CC1(C)c2ccc(-c3cccc(N(c4ccc(-c5cccc6oc7ccccc7c56)cc4)c4ccc(-c5cccc6oc7ccccc7c56)cc4)c3)cc2-c2ccc(-c3ccccc3)cc21. The zero-order valence-corrected chi connectivity index (χ0v) is 36.6. The number of furan rings is 2. The van der Waals surface area contributed by atoms with Crippen molar-refractivity contribution in [3.63, 3.8) is 0 Å². The van der Waals surface area contributed by atoms with Gasteiger partial charge in [-0.15, -0.1) is 0 Å². The third-order valence-corrected chi connectivity index (χ3v) is 13.9. The number of hydrogen-bond donors (Lipinski definition) is 0. The van der Waals surface area contributed by atoms with Gasteiger partial charge < -0.3 is 13.7 Å². The van der Waals surface area contributed by atoms with Gasteiger partial charge in [0.2, 0.25) is 0 Å². The van der Waals surface area contributed by atoms with Crippen LogP contribution in [0.15, 0.2) is 233 Å². The summed E-state index contributed by atoms with van der Waals surface area (Å²) in [6, 6.07) is 80.9. The molecule has 66 heavy (non-hydrogen) atoms. The second-order valence-corrected chi connectivity index (χ2v) is 18.0. The maximum absolute atomic E-state index is 6.28. The van der Waals surface area contributed by atoms with Crippen molar-refractivity contribution in [1.29, 1.82) is 0 Å². The molecule has 0 unspecified atom stereocenters. The number of rotatable bonds is 7. The lowest BCUT2D eigenvalue weighted by Crippen LogP contribution is -2.15. The Labute approximate surface area is 383 Å². The average Bonchev–Trinajstić information content (AvgIpc) is 4.02. The lowest BCUT2D eigenvalue weighted by atomic mass is 9.81. The largest absolute Gasteiger partial charge is 0.456 e. The summed E-state index contributed by atoms with van der Waals surface area (Å²) in [5, 5.41) is 4.53. The molecular weight excluding hydrogens is 803 g/mol. The minimum Gasteiger partial charge on any atom is -0.456 e. The highest BCUT2D eigenvalue weighted by atomic mass is 16.3. The van der Waals surface area contributed by atoms with Gasteiger partial charge >= 0.3 is 0 Å². The van der Waals surface area contributed by atoms with Crippen molar-refractivity contribution >= 4 is 60.9 Å². The van der Waals surface area contributed by atoms with Crippen LogP contribution in [-0.2, 0) is 5.41 Å². The van der Waals surface area contributed by atoms with Crippen LogP contribution in [0.5, 0.6) is 0 Å². The van der Waals surface area contributed by atoms with Gasteiger partial charge in [0.1, 0.15) is 22.3 Å². The zero-order chi connectivity index (χ0) is 43.9. The maximum atomic E-state index is 6.28. The quantitative estimate of drug-likeness (QED) is 0.160. The van der Waals surface area contributed by atoms with E-state index in [0.29, 0.717) is 0 Å². The third-order valence-electron chi connectivity index (χ3n) is 13.9. The van der Waals surface area contributed by atoms with Crippen LogP contribution in [0.3, 0.4) is 0 Å². The summed E-state index contributed by atoms with van der Waals surface area (Å²) in [5.74, 6) is 0. The Kier molecular flexibility index (Phi) is 8.56. The van der Waals surface area contributed by atoms with E-state index in [2.05, 4.69) is 219 Å². The minimum atomic E-state index is -0.114. The summed E-state index contributed by atoms with van der Waals surface area (Å²) in [6.07, 6.45) is 0. The smallest absolute Gasteiger partial charge is 0.136 e. The Morgan fingerprint density at radius 3 is 1.41 bits per heavy atom. The second-order valence-electron chi connectivity index (χ2n) is 18.0. The van der Waals surface area contributed by atoms with Gasteiger partial charge in [0, 0.05) is 44.0 Å². The molecule has 2 heterocycles. The van der Waals surface area contributed by atoms with Gasteiger partial charge in [-0.25, -0.2) is 0 Å². The number of anilines is 3. The molecule has 12 aromatic rings. The Hall–Kier alpha value is -8.40. The fraction of sp³-hybridized carbons (Fsp3) is 0.0476. The minimum absolute atomic E-state index is 0.114. The molecule has 2 aromatic heterocycles. The molecule has 0 saturated heterocycles. The predicted molar refractivity (Wildman–Crippen MR) is 275 cm³/mol. The highest BCUT2D eigenvalue weighted by Gasteiger charge is 2.36. The highest BCUT2D eigenvalue weighted by Crippen LogP contribution is 2.51. The third kappa shape index (κ3) is 6.04. The molecule has 1 aliphatic carbocycles. The van der Waals surface area contributed by atoms with Crippen LogP contribution in [0.25, 0.3) is 99.5 Å². The standard InChI is InChI=1S/C63H43NO2/c1-63(2)55-36-30-44(38-54(55)51-35-29-45(39-56(51)63)40-13-4-3-5-14-40)43-15-10-16-48(37-43)64(46-31-25-41(26-32-46)49-19-11-23-59-61(49)52-17-6-8-21-57(52)65-59)47-33-27-42(28-34-47)50-20-12-24-60-62(50)53-18-7-9-22-58(53)66-60/h3-39H,1-2H3. The molecule has 0 spiro atoms. The van der Waals surface area contributed by atoms with E-state index >= 15 is 0 Å². The molecule has 0 bridgehead atoms. The van der Waals surface area contributed by atoms with E-state index in [1.165, 1.54) is 38.9 Å². The fourth-order valence-electron chi connectivity index (χ4n) is 10.6. The van der Waals surface area contributed by atoms with Crippen LogP contribution in [0, 0.1) is 0 Å². The summed E-state index contributed by atoms with van der Waals surface area (Å²) in [6.45, 7) is 4.72. The molecule has 312 valence electrons. The van der Waals surface area contributed by atoms with Crippen LogP contribution >= 0.6 is 0 Å². The van der Waals surface area contributed by atoms with Gasteiger partial charge in [-0.1, -0.05) is 166 Å². The molecule has 13 rings (SSSR count). The molecule has 1 aliphatic rings. The number of hydrogen-bond acceptors (Lipinski definition) is 3. The first-order chi connectivity index (χ1) is 32.5. The maximum Gasteiger partial charge on any atom is 0.136 e. The molecule has 0 radical (unpaired) electrons. The van der Waals surface area contributed by atoms with Gasteiger partial charge in [-0.05, 0) is 140 Å². The predicted octanol–water partition coefficient (Wildman–Crippen LogP) is 17.9. The molecule has 3 heteroatoms. The van der Waals surface area contributed by atoms with E-state index in [0.717, 1.165) is 88.8 Å². The molecule has 0 amide bonds. The molecule has 10 aromatic carbocycles.